The van der Waals surface area contributed by atoms with Gasteiger partial charge in [0.2, 0.25) is 10.0 Å². The number of hydrogen-bond acceptors (Lipinski definition) is 7. The van der Waals surface area contributed by atoms with Crippen LogP contribution in [0, 0.1) is 5.41 Å². The van der Waals surface area contributed by atoms with E-state index in [0.29, 0.717) is 47.6 Å². The van der Waals surface area contributed by atoms with Crippen molar-refractivity contribution in [1.82, 2.24) is 0 Å². The third kappa shape index (κ3) is 5.83. The largest absolute Gasteiger partial charge is 0.395 e. The number of carbonyl (C=O) groups excluding carboxylic acids is 1. The highest BCUT2D eigenvalue weighted by molar-refractivity contribution is 7.92. The molecule has 0 radical (unpaired) electrons. The van der Waals surface area contributed by atoms with E-state index >= 15 is 0 Å². The Morgan fingerprint density at radius 2 is 1.68 bits per heavy atom. The van der Waals surface area contributed by atoms with Gasteiger partial charge in [-0.1, -0.05) is 0 Å². The second-order valence-electron chi connectivity index (χ2n) is 12.6. The van der Waals surface area contributed by atoms with Crippen molar-refractivity contribution >= 4 is 44.4 Å². The molecular formula is C30H40FN5O4S. The number of alkyl halides is 1. The summed E-state index contributed by atoms with van der Waals surface area (Å²) in [5.41, 5.74) is 4.57. The first-order chi connectivity index (χ1) is 19.5. The highest BCUT2D eigenvalue weighted by Gasteiger charge is 2.44. The highest BCUT2D eigenvalue weighted by Crippen LogP contribution is 2.54. The second kappa shape index (κ2) is 10.3. The number of aliphatic hydroxyl groups is 1. The van der Waals surface area contributed by atoms with Crippen LogP contribution in [0.25, 0.3) is 0 Å². The number of amides is 1. The number of nitrogens with one attached hydrogen (secondary N) is 2. The Kier molecular flexibility index (Phi) is 7.09. The highest BCUT2D eigenvalue weighted by atomic mass is 32.2. The zero-order chi connectivity index (χ0) is 29.0. The lowest BCUT2D eigenvalue weighted by atomic mass is 9.93. The summed E-state index contributed by atoms with van der Waals surface area (Å²) in [6.45, 7) is 4.59. The number of nitrogens with zero attached hydrogens (tertiary/aromatic N) is 3. The quantitative estimate of drug-likeness (QED) is 0.431. The Morgan fingerprint density at radius 1 is 0.976 bits per heavy atom. The van der Waals surface area contributed by atoms with E-state index in [1.54, 1.807) is 25.1 Å². The summed E-state index contributed by atoms with van der Waals surface area (Å²) in [7, 11) is -1.66. The topological polar surface area (TPSA) is 105 Å². The summed E-state index contributed by atoms with van der Waals surface area (Å²) in [5, 5.41) is 12.2. The summed E-state index contributed by atoms with van der Waals surface area (Å²) in [5.74, 6) is -0.670. The van der Waals surface area contributed by atoms with Gasteiger partial charge in [0.1, 0.15) is 5.67 Å². The standard InChI is InChI=1S/C30H40FN5O4S/c1-29(31)8-12-36(20-29)26-19-23(17-21-5-11-34(2)27(21)26)32-28(38)24-4-3-22(33-41(39,40)16-15-37)18-25(24)35-13-9-30(6-7-30)10-14-35/h3-4,17-19,33,37H,5-16,20H2,1-2H3,(H,32,38). The number of halogens is 1. The van der Waals surface area contributed by atoms with Crippen LogP contribution in [0.15, 0.2) is 30.3 Å². The number of aliphatic hydroxyl groups excluding tert-OH is 1. The molecule has 1 spiro atoms. The SMILES string of the molecule is CN1CCc2cc(NC(=O)c3ccc(NS(=O)(=O)CCO)cc3N3CCC4(CC3)CC4)cc(N3CCC(C)(F)C3)c21. The molecule has 1 saturated carbocycles. The van der Waals surface area contributed by atoms with Crippen molar-refractivity contribution in [1.29, 1.82) is 0 Å². The van der Waals surface area contributed by atoms with Gasteiger partial charge in [0.25, 0.3) is 5.91 Å². The minimum absolute atomic E-state index is 0.273. The van der Waals surface area contributed by atoms with E-state index < -0.39 is 28.1 Å². The molecule has 41 heavy (non-hydrogen) atoms. The maximum atomic E-state index is 14.8. The van der Waals surface area contributed by atoms with Gasteiger partial charge in [-0.25, -0.2) is 12.8 Å². The van der Waals surface area contributed by atoms with Crippen LogP contribution >= 0.6 is 0 Å². The number of anilines is 5. The lowest BCUT2D eigenvalue weighted by molar-refractivity contribution is 0.102. The van der Waals surface area contributed by atoms with Crippen molar-refractivity contribution in [2.45, 2.75) is 51.1 Å². The zero-order valence-corrected chi connectivity index (χ0v) is 24.7. The van der Waals surface area contributed by atoms with Crippen LogP contribution in [0.2, 0.25) is 0 Å². The van der Waals surface area contributed by atoms with Gasteiger partial charge in [-0.3, -0.25) is 9.52 Å². The molecule has 1 aliphatic carbocycles. The fraction of sp³-hybridized carbons (Fsp3) is 0.567. The average molecular weight is 586 g/mol. The first kappa shape index (κ1) is 28.1. The number of rotatable bonds is 8. The van der Waals surface area contributed by atoms with Gasteiger partial charge < -0.3 is 25.1 Å². The van der Waals surface area contributed by atoms with Crippen molar-refractivity contribution in [2.75, 3.05) is 76.9 Å². The van der Waals surface area contributed by atoms with E-state index in [1.807, 2.05) is 19.2 Å². The summed E-state index contributed by atoms with van der Waals surface area (Å²) in [6, 6.07) is 8.95. The molecule has 6 rings (SSSR count). The van der Waals surface area contributed by atoms with Crippen LogP contribution in [0.3, 0.4) is 0 Å². The molecule has 1 amide bonds. The van der Waals surface area contributed by atoms with Crippen LogP contribution in [0.5, 0.6) is 0 Å². The minimum atomic E-state index is -3.71. The smallest absolute Gasteiger partial charge is 0.257 e. The maximum Gasteiger partial charge on any atom is 0.257 e. The third-order valence-corrected chi connectivity index (χ3v) is 10.6. The van der Waals surface area contributed by atoms with Gasteiger partial charge in [0.15, 0.2) is 0 Å². The van der Waals surface area contributed by atoms with Crippen LogP contribution in [0.4, 0.5) is 32.8 Å². The molecule has 9 nitrogen and oxygen atoms in total. The van der Waals surface area contributed by atoms with E-state index in [-0.39, 0.29) is 5.91 Å². The zero-order valence-electron chi connectivity index (χ0n) is 23.9. The number of sulfonamides is 1. The average Bonchev–Trinajstić information content (AvgIpc) is 3.40. The Hall–Kier alpha value is -3.05. The molecule has 2 aromatic rings. The van der Waals surface area contributed by atoms with Crippen LogP contribution in [-0.4, -0.2) is 77.2 Å². The van der Waals surface area contributed by atoms with Crippen molar-refractivity contribution in [3.05, 3.63) is 41.5 Å². The molecular weight excluding hydrogens is 545 g/mol. The number of piperidine rings is 1. The first-order valence-electron chi connectivity index (χ1n) is 14.6. The molecule has 11 heteroatoms. The molecule has 3 fully saturated rings. The predicted molar refractivity (Wildman–Crippen MR) is 162 cm³/mol. The fourth-order valence-electron chi connectivity index (χ4n) is 6.65. The van der Waals surface area contributed by atoms with Crippen molar-refractivity contribution in [3.63, 3.8) is 0 Å². The molecule has 2 saturated heterocycles. The lowest BCUT2D eigenvalue weighted by Gasteiger charge is -2.35. The maximum absolute atomic E-state index is 14.8. The first-order valence-corrected chi connectivity index (χ1v) is 16.3. The number of hydrogen-bond donors (Lipinski definition) is 3. The van der Waals surface area contributed by atoms with E-state index in [1.165, 1.54) is 12.8 Å². The third-order valence-electron chi connectivity index (χ3n) is 9.29. The van der Waals surface area contributed by atoms with E-state index in [9.17, 15) is 17.6 Å². The molecule has 2 aromatic carbocycles. The second-order valence-corrected chi connectivity index (χ2v) is 14.4. The van der Waals surface area contributed by atoms with Gasteiger partial charge in [-0.15, -0.1) is 0 Å². The molecule has 0 bridgehead atoms. The van der Waals surface area contributed by atoms with Gasteiger partial charge in [-0.05, 0) is 80.3 Å². The molecule has 3 N–H and O–H groups in total. The molecule has 3 heterocycles. The Labute approximate surface area is 241 Å². The number of likely N-dealkylation sites (N-methyl/N-ethyl adjacent to an activating group) is 1. The van der Waals surface area contributed by atoms with Crippen LogP contribution in [-0.2, 0) is 16.4 Å². The minimum Gasteiger partial charge on any atom is -0.395 e. The Balaban J connectivity index is 1.30. The molecule has 4 aliphatic rings. The van der Waals surface area contributed by atoms with Crippen LogP contribution < -0.4 is 24.7 Å². The van der Waals surface area contributed by atoms with E-state index in [0.717, 1.165) is 55.8 Å². The van der Waals surface area contributed by atoms with E-state index in [2.05, 4.69) is 24.7 Å². The van der Waals surface area contributed by atoms with Crippen LogP contribution in [0.1, 0.15) is 54.9 Å². The molecule has 222 valence electrons. The Bertz CT molecular complexity index is 1450. The number of fused-ring (bicyclic) bond motifs is 1. The van der Waals surface area contributed by atoms with E-state index in [4.69, 9.17) is 5.11 Å². The number of benzene rings is 2. The van der Waals surface area contributed by atoms with Crippen molar-refractivity contribution in [2.24, 2.45) is 5.41 Å². The molecule has 3 aliphatic heterocycles. The summed E-state index contributed by atoms with van der Waals surface area (Å²) in [4.78, 5) is 20.3. The normalized spacial score (nSPS) is 23.2. The molecule has 1 unspecified atom stereocenters. The molecule has 0 aromatic heterocycles. The number of carbonyl (C=O) groups is 1. The molecule has 1 atom stereocenters. The monoisotopic (exact) mass is 585 g/mol. The van der Waals surface area contributed by atoms with Gasteiger partial charge in [0.05, 0.1) is 47.2 Å². The van der Waals surface area contributed by atoms with Crippen molar-refractivity contribution < 1.29 is 22.7 Å². The lowest BCUT2D eigenvalue weighted by Crippen LogP contribution is -2.35. The summed E-state index contributed by atoms with van der Waals surface area (Å²) in [6.07, 6.45) is 5.94. The Morgan fingerprint density at radius 3 is 2.34 bits per heavy atom. The van der Waals surface area contributed by atoms with Crippen molar-refractivity contribution in [3.8, 4) is 0 Å². The predicted octanol–water partition coefficient (Wildman–Crippen LogP) is 3.98. The van der Waals surface area contributed by atoms with Gasteiger partial charge in [0, 0.05) is 45.3 Å². The summed E-state index contributed by atoms with van der Waals surface area (Å²) >= 11 is 0. The fourth-order valence-corrected chi connectivity index (χ4v) is 7.48. The van der Waals surface area contributed by atoms with Gasteiger partial charge in [-0.2, -0.15) is 0 Å². The summed E-state index contributed by atoms with van der Waals surface area (Å²) < 4.78 is 42.0. The van der Waals surface area contributed by atoms with Gasteiger partial charge >= 0.3 is 0 Å².